The normalized spacial score (nSPS) is 10.1. The summed E-state index contributed by atoms with van der Waals surface area (Å²) in [6.07, 6.45) is 3.36. The van der Waals surface area contributed by atoms with Crippen molar-refractivity contribution in [3.63, 3.8) is 0 Å². The van der Waals surface area contributed by atoms with Crippen molar-refractivity contribution in [1.29, 1.82) is 5.41 Å². The Hall–Kier alpha value is -1.03. The van der Waals surface area contributed by atoms with Gasteiger partial charge in [-0.3, -0.25) is 5.41 Å². The summed E-state index contributed by atoms with van der Waals surface area (Å²) < 4.78 is 6.52. The van der Waals surface area contributed by atoms with Gasteiger partial charge in [-0.2, -0.15) is 0 Å². The number of hydrogen-bond donors (Lipinski definition) is 2. The number of ether oxygens (including phenoxy) is 1. The van der Waals surface area contributed by atoms with Crippen molar-refractivity contribution in [3.8, 4) is 5.75 Å². The molecule has 88 valence electrons. The Morgan fingerprint density at radius 3 is 2.81 bits per heavy atom. The Bertz CT molecular complexity index is 366. The molecule has 0 aliphatic rings. The smallest absolute Gasteiger partial charge is 0.130 e. The number of amidine groups is 1. The van der Waals surface area contributed by atoms with Gasteiger partial charge in [-0.1, -0.05) is 35.7 Å². The summed E-state index contributed by atoms with van der Waals surface area (Å²) in [5.41, 5.74) is 6.14. The molecule has 0 amide bonds. The van der Waals surface area contributed by atoms with E-state index >= 15 is 0 Å². The highest BCUT2D eigenvalue weighted by Crippen LogP contribution is 2.23. The highest BCUT2D eigenvalue weighted by Gasteiger charge is 2.07. The van der Waals surface area contributed by atoms with Gasteiger partial charge in [-0.25, -0.2) is 0 Å². The molecule has 4 heteroatoms. The molecule has 1 aromatic carbocycles. The number of hydrogen-bond acceptors (Lipinski definition) is 2. The lowest BCUT2D eigenvalue weighted by Crippen LogP contribution is -2.13. The quantitative estimate of drug-likeness (QED) is 0.478. The van der Waals surface area contributed by atoms with E-state index in [1.165, 1.54) is 6.42 Å². The van der Waals surface area contributed by atoms with E-state index in [1.54, 1.807) is 6.07 Å². The largest absolute Gasteiger partial charge is 0.493 e. The SMILES string of the molecule is CCCCCOc1ccc(Br)cc1C(=N)N. The van der Waals surface area contributed by atoms with E-state index in [9.17, 15) is 0 Å². The molecule has 0 saturated heterocycles. The fourth-order valence-electron chi connectivity index (χ4n) is 1.37. The molecule has 0 spiro atoms. The average Bonchev–Trinajstić information content (AvgIpc) is 2.26. The summed E-state index contributed by atoms with van der Waals surface area (Å²) in [5, 5.41) is 7.47. The van der Waals surface area contributed by atoms with Crippen molar-refractivity contribution in [2.24, 2.45) is 5.73 Å². The lowest BCUT2D eigenvalue weighted by molar-refractivity contribution is 0.305. The molecule has 3 N–H and O–H groups in total. The van der Waals surface area contributed by atoms with Crippen LogP contribution in [0.15, 0.2) is 22.7 Å². The predicted octanol–water partition coefficient (Wildman–Crippen LogP) is 3.30. The number of nitrogens with one attached hydrogen (secondary N) is 1. The topological polar surface area (TPSA) is 59.1 Å². The molecule has 0 radical (unpaired) electrons. The fourth-order valence-corrected chi connectivity index (χ4v) is 1.73. The summed E-state index contributed by atoms with van der Waals surface area (Å²) in [5.74, 6) is 0.721. The minimum Gasteiger partial charge on any atom is -0.493 e. The summed E-state index contributed by atoms with van der Waals surface area (Å²) in [6, 6.07) is 5.53. The standard InChI is InChI=1S/C12H17BrN2O/c1-2-3-4-7-16-11-6-5-9(13)8-10(11)12(14)15/h5-6,8H,2-4,7H2,1H3,(H3,14,15). The van der Waals surface area contributed by atoms with E-state index in [0.29, 0.717) is 17.9 Å². The maximum absolute atomic E-state index is 7.47. The van der Waals surface area contributed by atoms with E-state index in [1.807, 2.05) is 12.1 Å². The maximum atomic E-state index is 7.47. The summed E-state index contributed by atoms with van der Waals surface area (Å²) in [6.45, 7) is 2.83. The van der Waals surface area contributed by atoms with E-state index in [4.69, 9.17) is 15.9 Å². The number of nitrogen functional groups attached to an aromatic ring is 1. The second-order valence-electron chi connectivity index (χ2n) is 3.61. The van der Waals surface area contributed by atoms with Gasteiger partial charge >= 0.3 is 0 Å². The maximum Gasteiger partial charge on any atom is 0.130 e. The third kappa shape index (κ3) is 3.85. The van der Waals surface area contributed by atoms with Gasteiger partial charge < -0.3 is 10.5 Å². The number of unbranched alkanes of at least 4 members (excludes halogenated alkanes) is 2. The van der Waals surface area contributed by atoms with Gasteiger partial charge in [-0.05, 0) is 24.6 Å². The first-order valence-corrected chi connectivity index (χ1v) is 6.21. The third-order valence-electron chi connectivity index (χ3n) is 2.24. The molecule has 0 aromatic heterocycles. The van der Waals surface area contributed by atoms with Crippen molar-refractivity contribution in [2.75, 3.05) is 6.61 Å². The molecule has 1 aromatic rings. The van der Waals surface area contributed by atoms with Gasteiger partial charge in [0.25, 0.3) is 0 Å². The van der Waals surface area contributed by atoms with Gasteiger partial charge in [0.2, 0.25) is 0 Å². The minimum atomic E-state index is 0.0341. The highest BCUT2D eigenvalue weighted by atomic mass is 79.9. The molecule has 16 heavy (non-hydrogen) atoms. The first-order chi connectivity index (χ1) is 7.65. The van der Waals surface area contributed by atoms with Crippen LogP contribution < -0.4 is 10.5 Å². The second-order valence-corrected chi connectivity index (χ2v) is 4.53. The Balaban J connectivity index is 2.67. The molecule has 0 saturated carbocycles. The predicted molar refractivity (Wildman–Crippen MR) is 70.2 cm³/mol. The van der Waals surface area contributed by atoms with E-state index in [-0.39, 0.29) is 5.84 Å². The van der Waals surface area contributed by atoms with Crippen molar-refractivity contribution in [3.05, 3.63) is 28.2 Å². The number of halogens is 1. The van der Waals surface area contributed by atoms with Crippen LogP contribution in [0.4, 0.5) is 0 Å². The van der Waals surface area contributed by atoms with Crippen LogP contribution in [0, 0.1) is 5.41 Å². The van der Waals surface area contributed by atoms with Crippen molar-refractivity contribution < 1.29 is 4.74 Å². The zero-order valence-electron chi connectivity index (χ0n) is 9.42. The molecular formula is C12H17BrN2O. The lowest BCUT2D eigenvalue weighted by Gasteiger charge is -2.10. The zero-order chi connectivity index (χ0) is 12.0. The first kappa shape index (κ1) is 13.0. The van der Waals surface area contributed by atoms with E-state index < -0.39 is 0 Å². The van der Waals surface area contributed by atoms with Crippen LogP contribution in [-0.2, 0) is 0 Å². The molecule has 3 nitrogen and oxygen atoms in total. The third-order valence-corrected chi connectivity index (χ3v) is 2.73. The summed E-state index contributed by atoms with van der Waals surface area (Å²) in [4.78, 5) is 0. The van der Waals surface area contributed by atoms with E-state index in [0.717, 1.165) is 17.3 Å². The van der Waals surface area contributed by atoms with Crippen LogP contribution in [0.5, 0.6) is 5.75 Å². The molecule has 1 rings (SSSR count). The fraction of sp³-hybridized carbons (Fsp3) is 0.417. The average molecular weight is 285 g/mol. The summed E-state index contributed by atoms with van der Waals surface area (Å²) in [7, 11) is 0. The van der Waals surface area contributed by atoms with Gasteiger partial charge in [0.15, 0.2) is 0 Å². The number of benzene rings is 1. The van der Waals surface area contributed by atoms with Gasteiger partial charge in [0.1, 0.15) is 11.6 Å². The molecule has 0 bridgehead atoms. The van der Waals surface area contributed by atoms with Gasteiger partial charge in [0, 0.05) is 4.47 Å². The van der Waals surface area contributed by atoms with Gasteiger partial charge in [-0.15, -0.1) is 0 Å². The van der Waals surface area contributed by atoms with Gasteiger partial charge in [0.05, 0.1) is 12.2 Å². The number of nitrogens with two attached hydrogens (primary N) is 1. The molecule has 0 heterocycles. The Morgan fingerprint density at radius 2 is 2.19 bits per heavy atom. The first-order valence-electron chi connectivity index (χ1n) is 5.42. The van der Waals surface area contributed by atoms with Crippen LogP contribution in [0.1, 0.15) is 31.7 Å². The summed E-state index contributed by atoms with van der Waals surface area (Å²) >= 11 is 3.35. The van der Waals surface area contributed by atoms with Crippen molar-refractivity contribution >= 4 is 21.8 Å². The van der Waals surface area contributed by atoms with Crippen LogP contribution in [0.2, 0.25) is 0 Å². The number of rotatable bonds is 6. The molecule has 0 unspecified atom stereocenters. The molecule has 0 aliphatic heterocycles. The Kier molecular flexibility index (Phi) is 5.32. The van der Waals surface area contributed by atoms with E-state index in [2.05, 4.69) is 22.9 Å². The molecular weight excluding hydrogens is 268 g/mol. The second kappa shape index (κ2) is 6.53. The Morgan fingerprint density at radius 1 is 1.44 bits per heavy atom. The Labute approximate surface area is 105 Å². The zero-order valence-corrected chi connectivity index (χ0v) is 11.0. The van der Waals surface area contributed by atoms with Crippen LogP contribution in [-0.4, -0.2) is 12.4 Å². The minimum absolute atomic E-state index is 0.0341. The molecule has 0 fully saturated rings. The monoisotopic (exact) mass is 284 g/mol. The van der Waals surface area contributed by atoms with Crippen LogP contribution in [0.25, 0.3) is 0 Å². The highest BCUT2D eigenvalue weighted by molar-refractivity contribution is 9.10. The van der Waals surface area contributed by atoms with Crippen LogP contribution >= 0.6 is 15.9 Å². The van der Waals surface area contributed by atoms with Crippen LogP contribution in [0.3, 0.4) is 0 Å². The lowest BCUT2D eigenvalue weighted by atomic mass is 10.2. The molecule has 0 atom stereocenters. The van der Waals surface area contributed by atoms with Crippen molar-refractivity contribution in [2.45, 2.75) is 26.2 Å². The molecule has 0 aliphatic carbocycles. The van der Waals surface area contributed by atoms with Crippen molar-refractivity contribution in [1.82, 2.24) is 0 Å².